The molecule has 0 aromatic carbocycles. The van der Waals surface area contributed by atoms with Crippen molar-refractivity contribution < 1.29 is 9.90 Å². The van der Waals surface area contributed by atoms with Gasteiger partial charge >= 0.3 is 0 Å². The van der Waals surface area contributed by atoms with Gasteiger partial charge in [0, 0.05) is 26.0 Å². The molecule has 0 radical (unpaired) electrons. The van der Waals surface area contributed by atoms with Crippen LogP contribution in [0.3, 0.4) is 0 Å². The summed E-state index contributed by atoms with van der Waals surface area (Å²) in [5.74, 6) is 3.53. The minimum atomic E-state index is 0.120. The first-order valence-corrected chi connectivity index (χ1v) is 7.09. The molecule has 1 aliphatic rings. The molecule has 0 aromatic heterocycles. The Morgan fingerprint density at radius 3 is 2.67 bits per heavy atom. The highest BCUT2D eigenvalue weighted by molar-refractivity contribution is 5.75. The van der Waals surface area contributed by atoms with E-state index < -0.39 is 0 Å². The number of rotatable bonds is 7. The van der Waals surface area contributed by atoms with Gasteiger partial charge in [0.15, 0.2) is 0 Å². The molecule has 0 aromatic rings. The first-order valence-electron chi connectivity index (χ1n) is 7.09. The van der Waals surface area contributed by atoms with Gasteiger partial charge in [-0.3, -0.25) is 4.79 Å². The number of carbonyl (C=O) groups excluding carboxylic acids is 1. The average Bonchev–Trinajstić information content (AvgIpc) is 2.41. The Bertz CT molecular complexity index is 283. The van der Waals surface area contributed by atoms with Gasteiger partial charge < -0.3 is 10.4 Å². The van der Waals surface area contributed by atoms with Crippen molar-refractivity contribution in [2.45, 2.75) is 51.4 Å². The average molecular weight is 251 g/mol. The number of aliphatic hydroxyl groups is 1. The molecule has 102 valence electrons. The SMILES string of the molecule is C#CCCCCC(=O)NCC1CCCCC1CO. The molecule has 1 aliphatic carbocycles. The number of carbonyl (C=O) groups is 1. The molecule has 2 N–H and O–H groups in total. The molecular formula is C15H25NO2. The minimum absolute atomic E-state index is 0.120. The number of nitrogens with one attached hydrogen (secondary N) is 1. The third-order valence-corrected chi connectivity index (χ3v) is 3.84. The lowest BCUT2D eigenvalue weighted by Gasteiger charge is -2.30. The molecule has 3 heteroatoms. The van der Waals surface area contributed by atoms with Crippen molar-refractivity contribution in [3.8, 4) is 12.3 Å². The molecule has 2 atom stereocenters. The second kappa shape index (κ2) is 8.99. The van der Waals surface area contributed by atoms with E-state index in [1.165, 1.54) is 12.8 Å². The van der Waals surface area contributed by atoms with E-state index in [-0.39, 0.29) is 12.5 Å². The molecular weight excluding hydrogens is 226 g/mol. The van der Waals surface area contributed by atoms with Crippen LogP contribution in [0.5, 0.6) is 0 Å². The zero-order chi connectivity index (χ0) is 13.2. The Labute approximate surface area is 110 Å². The first-order chi connectivity index (χ1) is 8.77. The van der Waals surface area contributed by atoms with Gasteiger partial charge in [0.25, 0.3) is 0 Å². The van der Waals surface area contributed by atoms with Crippen LogP contribution in [0.1, 0.15) is 51.4 Å². The lowest BCUT2D eigenvalue weighted by atomic mass is 9.79. The van der Waals surface area contributed by atoms with Crippen molar-refractivity contribution in [1.29, 1.82) is 0 Å². The van der Waals surface area contributed by atoms with Gasteiger partial charge in [0.05, 0.1) is 0 Å². The van der Waals surface area contributed by atoms with Gasteiger partial charge in [-0.2, -0.15) is 0 Å². The maximum absolute atomic E-state index is 11.6. The highest BCUT2D eigenvalue weighted by Gasteiger charge is 2.24. The summed E-state index contributed by atoms with van der Waals surface area (Å²) in [5.41, 5.74) is 0. The second-order valence-electron chi connectivity index (χ2n) is 5.20. The summed E-state index contributed by atoms with van der Waals surface area (Å²) in [6.07, 6.45) is 12.9. The first kappa shape index (κ1) is 15.0. The molecule has 2 unspecified atom stereocenters. The Hall–Kier alpha value is -1.01. The van der Waals surface area contributed by atoms with Crippen LogP contribution in [0.25, 0.3) is 0 Å². The van der Waals surface area contributed by atoms with Crippen molar-refractivity contribution in [2.24, 2.45) is 11.8 Å². The summed E-state index contributed by atoms with van der Waals surface area (Å²) >= 11 is 0. The number of terminal acetylenes is 1. The number of aliphatic hydroxyl groups excluding tert-OH is 1. The van der Waals surface area contributed by atoms with E-state index in [4.69, 9.17) is 6.42 Å². The Balaban J connectivity index is 2.14. The topological polar surface area (TPSA) is 49.3 Å². The third-order valence-electron chi connectivity index (χ3n) is 3.84. The summed E-state index contributed by atoms with van der Waals surface area (Å²) in [6.45, 7) is 0.974. The van der Waals surface area contributed by atoms with Gasteiger partial charge in [-0.05, 0) is 37.5 Å². The molecule has 0 saturated heterocycles. The quantitative estimate of drug-likeness (QED) is 0.538. The predicted molar refractivity (Wildman–Crippen MR) is 72.8 cm³/mol. The van der Waals surface area contributed by atoms with Crippen LogP contribution in [0.4, 0.5) is 0 Å². The number of hydrogen-bond acceptors (Lipinski definition) is 2. The molecule has 1 amide bonds. The molecule has 1 fully saturated rings. The lowest BCUT2D eigenvalue weighted by Crippen LogP contribution is -2.35. The molecule has 0 heterocycles. The fourth-order valence-electron chi connectivity index (χ4n) is 2.64. The van der Waals surface area contributed by atoms with Crippen molar-refractivity contribution in [3.05, 3.63) is 0 Å². The second-order valence-corrected chi connectivity index (χ2v) is 5.20. The third kappa shape index (κ3) is 5.55. The summed E-state index contributed by atoms with van der Waals surface area (Å²) < 4.78 is 0. The van der Waals surface area contributed by atoms with Gasteiger partial charge in [-0.15, -0.1) is 12.3 Å². The molecule has 0 aliphatic heterocycles. The highest BCUT2D eigenvalue weighted by Crippen LogP contribution is 2.29. The number of amides is 1. The summed E-state index contributed by atoms with van der Waals surface area (Å²) in [5, 5.41) is 12.3. The normalized spacial score (nSPS) is 23.3. The summed E-state index contributed by atoms with van der Waals surface area (Å²) in [7, 11) is 0. The Morgan fingerprint density at radius 1 is 1.28 bits per heavy atom. The van der Waals surface area contributed by atoms with Crippen molar-refractivity contribution in [3.63, 3.8) is 0 Å². The van der Waals surface area contributed by atoms with Crippen LogP contribution in [0, 0.1) is 24.2 Å². The van der Waals surface area contributed by atoms with Crippen LogP contribution < -0.4 is 5.32 Å². The maximum Gasteiger partial charge on any atom is 0.220 e. The van der Waals surface area contributed by atoms with E-state index in [0.717, 1.165) is 38.6 Å². The lowest BCUT2D eigenvalue weighted by molar-refractivity contribution is -0.121. The number of unbranched alkanes of at least 4 members (excludes halogenated alkanes) is 2. The van der Waals surface area contributed by atoms with Crippen LogP contribution in [0.15, 0.2) is 0 Å². The number of hydrogen-bond donors (Lipinski definition) is 2. The van der Waals surface area contributed by atoms with Gasteiger partial charge in [-0.1, -0.05) is 12.8 Å². The Morgan fingerprint density at radius 2 is 2.00 bits per heavy atom. The van der Waals surface area contributed by atoms with Gasteiger partial charge in [-0.25, -0.2) is 0 Å². The standard InChI is InChI=1S/C15H25NO2/c1-2-3-4-5-10-15(18)16-11-13-8-6-7-9-14(13)12-17/h1,13-14,17H,3-12H2,(H,16,18). The fourth-order valence-corrected chi connectivity index (χ4v) is 2.64. The van der Waals surface area contributed by atoms with E-state index in [1.807, 2.05) is 0 Å². The largest absolute Gasteiger partial charge is 0.396 e. The zero-order valence-electron chi connectivity index (χ0n) is 11.2. The molecule has 0 spiro atoms. The van der Waals surface area contributed by atoms with Crippen molar-refractivity contribution in [1.82, 2.24) is 5.32 Å². The maximum atomic E-state index is 11.6. The van der Waals surface area contributed by atoms with E-state index in [9.17, 15) is 9.90 Å². The Kier molecular flexibility index (Phi) is 7.52. The van der Waals surface area contributed by atoms with Crippen LogP contribution in [-0.2, 0) is 4.79 Å². The van der Waals surface area contributed by atoms with Crippen LogP contribution in [-0.4, -0.2) is 24.2 Å². The van der Waals surface area contributed by atoms with Crippen LogP contribution in [0.2, 0.25) is 0 Å². The monoisotopic (exact) mass is 251 g/mol. The zero-order valence-corrected chi connectivity index (χ0v) is 11.2. The van der Waals surface area contributed by atoms with Gasteiger partial charge in [0.2, 0.25) is 5.91 Å². The van der Waals surface area contributed by atoms with E-state index in [1.54, 1.807) is 0 Å². The molecule has 0 bridgehead atoms. The van der Waals surface area contributed by atoms with Crippen LogP contribution >= 0.6 is 0 Å². The van der Waals surface area contributed by atoms with E-state index in [2.05, 4.69) is 11.2 Å². The smallest absolute Gasteiger partial charge is 0.220 e. The summed E-state index contributed by atoms with van der Waals surface area (Å²) in [6, 6.07) is 0. The molecule has 3 nitrogen and oxygen atoms in total. The minimum Gasteiger partial charge on any atom is -0.396 e. The van der Waals surface area contributed by atoms with Crippen molar-refractivity contribution >= 4 is 5.91 Å². The van der Waals surface area contributed by atoms with E-state index in [0.29, 0.717) is 18.3 Å². The van der Waals surface area contributed by atoms with Gasteiger partial charge in [0.1, 0.15) is 0 Å². The molecule has 1 rings (SSSR count). The highest BCUT2D eigenvalue weighted by atomic mass is 16.3. The molecule has 18 heavy (non-hydrogen) atoms. The van der Waals surface area contributed by atoms with E-state index >= 15 is 0 Å². The van der Waals surface area contributed by atoms with Crippen molar-refractivity contribution in [2.75, 3.05) is 13.2 Å². The summed E-state index contributed by atoms with van der Waals surface area (Å²) in [4.78, 5) is 11.6. The fraction of sp³-hybridized carbons (Fsp3) is 0.800. The molecule has 1 saturated carbocycles. The predicted octanol–water partition coefficient (Wildman–Crippen LogP) is 2.09.